The summed E-state index contributed by atoms with van der Waals surface area (Å²) in [4.78, 5) is 12.0. The third kappa shape index (κ3) is 4.82. The lowest BCUT2D eigenvalue weighted by molar-refractivity contribution is -0.122. The molecule has 0 spiro atoms. The van der Waals surface area contributed by atoms with Gasteiger partial charge < -0.3 is 4.74 Å². The normalized spacial score (nSPS) is 11.9. The summed E-state index contributed by atoms with van der Waals surface area (Å²) in [7, 11) is 0. The van der Waals surface area contributed by atoms with E-state index in [9.17, 15) is 4.79 Å². The molecule has 5 nitrogen and oxygen atoms in total. The maximum Gasteiger partial charge on any atom is 0.266 e. The van der Waals surface area contributed by atoms with Crippen LogP contribution in [0.3, 0.4) is 0 Å². The van der Waals surface area contributed by atoms with Crippen LogP contribution in [-0.4, -0.2) is 22.2 Å². The second kappa shape index (κ2) is 7.73. The van der Waals surface area contributed by atoms with Crippen LogP contribution < -0.4 is 10.1 Å². The van der Waals surface area contributed by atoms with E-state index in [1.165, 1.54) is 11.3 Å². The van der Waals surface area contributed by atoms with Crippen molar-refractivity contribution < 1.29 is 9.53 Å². The van der Waals surface area contributed by atoms with E-state index in [4.69, 9.17) is 4.74 Å². The van der Waals surface area contributed by atoms with Gasteiger partial charge in [0, 0.05) is 6.42 Å². The molecule has 2 aromatic rings. The number of nitrogens with zero attached hydrogens (tertiary/aromatic N) is 2. The molecule has 21 heavy (non-hydrogen) atoms. The molecule has 1 atom stereocenters. The lowest BCUT2D eigenvalue weighted by atomic mass is 10.3. The monoisotopic (exact) mass is 305 g/mol. The first-order chi connectivity index (χ1) is 10.2. The van der Waals surface area contributed by atoms with E-state index in [1.54, 1.807) is 6.92 Å². The third-order valence-electron chi connectivity index (χ3n) is 2.87. The molecule has 0 aliphatic carbocycles. The van der Waals surface area contributed by atoms with Gasteiger partial charge >= 0.3 is 0 Å². The molecule has 0 saturated carbocycles. The summed E-state index contributed by atoms with van der Waals surface area (Å²) in [5, 5.41) is 12.3. The first-order valence-electron chi connectivity index (χ1n) is 7.04. The number of unbranched alkanes of at least 4 members (excludes halogenated alkanes) is 1. The molecular weight excluding hydrogens is 286 g/mol. The molecule has 0 bridgehead atoms. The molecule has 1 N–H and O–H groups in total. The number of ether oxygens (including phenoxy) is 1. The zero-order valence-electron chi connectivity index (χ0n) is 12.2. The highest BCUT2D eigenvalue weighted by atomic mass is 32.1. The summed E-state index contributed by atoms with van der Waals surface area (Å²) in [6, 6.07) is 9.27. The van der Waals surface area contributed by atoms with Gasteiger partial charge in [-0.1, -0.05) is 42.9 Å². The van der Waals surface area contributed by atoms with Gasteiger partial charge in [-0.2, -0.15) is 0 Å². The van der Waals surface area contributed by atoms with E-state index in [0.717, 1.165) is 24.3 Å². The molecule has 6 heteroatoms. The number of para-hydroxylation sites is 1. The van der Waals surface area contributed by atoms with Crippen LogP contribution in [0.15, 0.2) is 30.3 Å². The Bertz CT molecular complexity index is 571. The maximum absolute atomic E-state index is 12.0. The molecule has 1 aromatic heterocycles. The van der Waals surface area contributed by atoms with Gasteiger partial charge in [0.05, 0.1) is 0 Å². The second-order valence-electron chi connectivity index (χ2n) is 4.67. The standard InChI is InChI=1S/C15H19N3O2S/c1-3-4-10-13-17-18-15(21-13)16-14(19)11(2)20-12-8-6-5-7-9-12/h5-9,11H,3-4,10H2,1-2H3,(H,16,18,19)/t11-/m1/s1. The molecular formula is C15H19N3O2S. The van der Waals surface area contributed by atoms with Gasteiger partial charge in [0.1, 0.15) is 10.8 Å². The minimum Gasteiger partial charge on any atom is -0.481 e. The number of nitrogens with one attached hydrogen (secondary N) is 1. The van der Waals surface area contributed by atoms with Gasteiger partial charge in [0.2, 0.25) is 5.13 Å². The van der Waals surface area contributed by atoms with E-state index in [1.807, 2.05) is 30.3 Å². The SMILES string of the molecule is CCCCc1nnc(NC(=O)[C@@H](C)Oc2ccccc2)s1. The zero-order chi connectivity index (χ0) is 15.1. The molecule has 2 rings (SSSR count). The fourth-order valence-electron chi connectivity index (χ4n) is 1.70. The predicted molar refractivity (Wildman–Crippen MR) is 83.7 cm³/mol. The van der Waals surface area contributed by atoms with Crippen molar-refractivity contribution in [1.82, 2.24) is 10.2 Å². The average Bonchev–Trinajstić information content (AvgIpc) is 2.93. The summed E-state index contributed by atoms with van der Waals surface area (Å²) >= 11 is 1.42. The van der Waals surface area contributed by atoms with Crippen molar-refractivity contribution in [3.63, 3.8) is 0 Å². The summed E-state index contributed by atoms with van der Waals surface area (Å²) in [6.45, 7) is 3.84. The number of hydrogen-bond acceptors (Lipinski definition) is 5. The molecule has 1 amide bonds. The Morgan fingerprint density at radius 2 is 2.10 bits per heavy atom. The predicted octanol–water partition coefficient (Wildman–Crippen LogP) is 3.29. The molecule has 0 fully saturated rings. The Balaban J connectivity index is 1.87. The number of carbonyl (C=O) groups excluding carboxylic acids is 1. The van der Waals surface area contributed by atoms with Crippen molar-refractivity contribution in [2.45, 2.75) is 39.2 Å². The van der Waals surface area contributed by atoms with Gasteiger partial charge in [0.15, 0.2) is 6.10 Å². The second-order valence-corrected chi connectivity index (χ2v) is 5.73. The van der Waals surface area contributed by atoms with E-state index in [2.05, 4.69) is 22.4 Å². The highest BCUT2D eigenvalue weighted by molar-refractivity contribution is 7.15. The van der Waals surface area contributed by atoms with Crippen LogP contribution in [0, 0.1) is 0 Å². The molecule has 0 saturated heterocycles. The fraction of sp³-hybridized carbons (Fsp3) is 0.400. The number of aromatic nitrogens is 2. The number of rotatable bonds is 7. The largest absolute Gasteiger partial charge is 0.481 e. The quantitative estimate of drug-likeness (QED) is 0.852. The highest BCUT2D eigenvalue weighted by Crippen LogP contribution is 2.18. The van der Waals surface area contributed by atoms with E-state index in [-0.39, 0.29) is 5.91 Å². The van der Waals surface area contributed by atoms with Gasteiger partial charge in [-0.3, -0.25) is 10.1 Å². The van der Waals surface area contributed by atoms with Crippen molar-refractivity contribution in [2.24, 2.45) is 0 Å². The van der Waals surface area contributed by atoms with Crippen LogP contribution in [0.25, 0.3) is 0 Å². The van der Waals surface area contributed by atoms with Crippen molar-refractivity contribution in [3.8, 4) is 5.75 Å². The highest BCUT2D eigenvalue weighted by Gasteiger charge is 2.16. The van der Waals surface area contributed by atoms with Crippen molar-refractivity contribution >= 4 is 22.4 Å². The van der Waals surface area contributed by atoms with Crippen LogP contribution in [0.2, 0.25) is 0 Å². The minimum absolute atomic E-state index is 0.225. The Kier molecular flexibility index (Phi) is 5.68. The first kappa shape index (κ1) is 15.4. The Morgan fingerprint density at radius 3 is 2.81 bits per heavy atom. The van der Waals surface area contributed by atoms with Crippen LogP contribution in [0.1, 0.15) is 31.7 Å². The smallest absolute Gasteiger partial charge is 0.266 e. The number of anilines is 1. The van der Waals surface area contributed by atoms with Crippen LogP contribution >= 0.6 is 11.3 Å². The van der Waals surface area contributed by atoms with Crippen molar-refractivity contribution in [1.29, 1.82) is 0 Å². The first-order valence-corrected chi connectivity index (χ1v) is 7.85. The van der Waals surface area contributed by atoms with Crippen LogP contribution in [0.4, 0.5) is 5.13 Å². The topological polar surface area (TPSA) is 64.1 Å². The molecule has 1 aromatic carbocycles. The number of amides is 1. The molecule has 112 valence electrons. The molecule has 0 aliphatic heterocycles. The summed E-state index contributed by atoms with van der Waals surface area (Å²) in [5.41, 5.74) is 0. The van der Waals surface area contributed by atoms with Gasteiger partial charge in [-0.25, -0.2) is 0 Å². The van der Waals surface area contributed by atoms with Crippen molar-refractivity contribution in [2.75, 3.05) is 5.32 Å². The van der Waals surface area contributed by atoms with Gasteiger partial charge in [-0.05, 0) is 25.5 Å². The van der Waals surface area contributed by atoms with Gasteiger partial charge in [-0.15, -0.1) is 10.2 Å². The number of aryl methyl sites for hydroxylation is 1. The molecule has 1 heterocycles. The number of benzene rings is 1. The average molecular weight is 305 g/mol. The van der Waals surface area contributed by atoms with Crippen LogP contribution in [-0.2, 0) is 11.2 Å². The summed E-state index contributed by atoms with van der Waals surface area (Å²) in [6.07, 6.45) is 2.51. The Morgan fingerprint density at radius 1 is 1.33 bits per heavy atom. The third-order valence-corrected chi connectivity index (χ3v) is 3.76. The Hall–Kier alpha value is -1.95. The van der Waals surface area contributed by atoms with E-state index in [0.29, 0.717) is 10.9 Å². The lowest BCUT2D eigenvalue weighted by Crippen LogP contribution is -2.30. The molecule has 0 radical (unpaired) electrons. The molecule has 0 aliphatic rings. The molecule has 0 unspecified atom stereocenters. The fourth-order valence-corrected chi connectivity index (χ4v) is 2.48. The zero-order valence-corrected chi connectivity index (χ0v) is 13.0. The summed E-state index contributed by atoms with van der Waals surface area (Å²) < 4.78 is 5.56. The number of hydrogen-bond donors (Lipinski definition) is 1. The lowest BCUT2D eigenvalue weighted by Gasteiger charge is -2.13. The minimum atomic E-state index is -0.588. The van der Waals surface area contributed by atoms with Gasteiger partial charge in [0.25, 0.3) is 5.91 Å². The van der Waals surface area contributed by atoms with E-state index >= 15 is 0 Å². The number of carbonyl (C=O) groups is 1. The van der Waals surface area contributed by atoms with Crippen LogP contribution in [0.5, 0.6) is 5.75 Å². The van der Waals surface area contributed by atoms with Crippen molar-refractivity contribution in [3.05, 3.63) is 35.3 Å². The maximum atomic E-state index is 12.0. The van der Waals surface area contributed by atoms with E-state index < -0.39 is 6.10 Å². The summed E-state index contributed by atoms with van der Waals surface area (Å²) in [5.74, 6) is 0.443. The Labute approximate surface area is 128 Å².